The van der Waals surface area contributed by atoms with Gasteiger partial charge in [-0.15, -0.1) is 0 Å². The number of nitrogens with two attached hydrogens (primary N) is 1. The van der Waals surface area contributed by atoms with E-state index in [4.69, 9.17) is 5.73 Å². The lowest BCUT2D eigenvalue weighted by molar-refractivity contribution is 1.02. The van der Waals surface area contributed by atoms with Gasteiger partial charge in [0.05, 0.1) is 0 Å². The van der Waals surface area contributed by atoms with Crippen LogP contribution in [0, 0.1) is 13.8 Å². The zero-order chi connectivity index (χ0) is 9.84. The third kappa shape index (κ3) is 2.43. The second-order valence-electron chi connectivity index (χ2n) is 3.44. The molecule has 0 aliphatic carbocycles. The fraction of sp³-hybridized carbons (Fsp3) is 0.333. The maximum absolute atomic E-state index is 5.47. The molecule has 2 N–H and O–H groups in total. The smallest absolute Gasteiger partial charge is 0.00367 e. The molecule has 70 valence electrons. The van der Waals surface area contributed by atoms with Crippen molar-refractivity contribution in [3.05, 3.63) is 41.5 Å². The van der Waals surface area contributed by atoms with E-state index in [1.807, 2.05) is 0 Å². The Hall–Kier alpha value is -1.08. The Morgan fingerprint density at radius 2 is 2.00 bits per heavy atom. The summed E-state index contributed by atoms with van der Waals surface area (Å²) in [5.41, 5.74) is 10.5. The molecule has 0 spiro atoms. The topological polar surface area (TPSA) is 26.0 Å². The van der Waals surface area contributed by atoms with Gasteiger partial charge in [-0.2, -0.15) is 0 Å². The van der Waals surface area contributed by atoms with Gasteiger partial charge in [0, 0.05) is 0 Å². The van der Waals surface area contributed by atoms with Crippen LogP contribution in [0.15, 0.2) is 24.8 Å². The van der Waals surface area contributed by atoms with Crippen molar-refractivity contribution in [2.24, 2.45) is 5.73 Å². The molecule has 1 nitrogen and oxygen atoms in total. The highest BCUT2D eigenvalue weighted by Gasteiger charge is 1.99. The highest BCUT2D eigenvalue weighted by Crippen LogP contribution is 2.18. The molecule has 13 heavy (non-hydrogen) atoms. The predicted octanol–water partition coefficient (Wildman–Crippen LogP) is 2.67. The standard InChI is InChI=1S/C12H17N/c1-9-4-5-12(8-11(9)3)10(2)6-7-13/h4-5,8H,2,6-7,13H2,1,3H3. The highest BCUT2D eigenvalue weighted by molar-refractivity contribution is 5.64. The molecule has 0 saturated heterocycles. The summed E-state index contributed by atoms with van der Waals surface area (Å²) in [4.78, 5) is 0. The monoisotopic (exact) mass is 175 g/mol. The lowest BCUT2D eigenvalue weighted by atomic mass is 10.00. The third-order valence-electron chi connectivity index (χ3n) is 2.36. The molecule has 0 bridgehead atoms. The van der Waals surface area contributed by atoms with Gasteiger partial charge in [0.15, 0.2) is 0 Å². The predicted molar refractivity (Wildman–Crippen MR) is 58.6 cm³/mol. The van der Waals surface area contributed by atoms with Crippen molar-refractivity contribution in [1.29, 1.82) is 0 Å². The second kappa shape index (κ2) is 4.24. The van der Waals surface area contributed by atoms with Crippen LogP contribution in [0.1, 0.15) is 23.1 Å². The average molecular weight is 175 g/mol. The van der Waals surface area contributed by atoms with Crippen molar-refractivity contribution in [3.8, 4) is 0 Å². The fourth-order valence-electron chi connectivity index (χ4n) is 1.28. The van der Waals surface area contributed by atoms with E-state index in [0.29, 0.717) is 6.54 Å². The SMILES string of the molecule is C=C(CCN)c1ccc(C)c(C)c1. The first-order valence-electron chi connectivity index (χ1n) is 4.60. The summed E-state index contributed by atoms with van der Waals surface area (Å²) < 4.78 is 0. The molecule has 0 aliphatic rings. The van der Waals surface area contributed by atoms with Gasteiger partial charge in [0.25, 0.3) is 0 Å². The van der Waals surface area contributed by atoms with E-state index in [2.05, 4.69) is 38.6 Å². The quantitative estimate of drug-likeness (QED) is 0.751. The Labute approximate surface area is 80.3 Å². The van der Waals surface area contributed by atoms with Crippen LogP contribution in [-0.2, 0) is 0 Å². The van der Waals surface area contributed by atoms with Gasteiger partial charge < -0.3 is 5.73 Å². The second-order valence-corrected chi connectivity index (χ2v) is 3.44. The lowest BCUT2D eigenvalue weighted by Gasteiger charge is -2.07. The van der Waals surface area contributed by atoms with E-state index in [1.54, 1.807) is 0 Å². The Bertz CT molecular complexity index is 313. The molecule has 1 rings (SSSR count). The summed E-state index contributed by atoms with van der Waals surface area (Å²) in [7, 11) is 0. The van der Waals surface area contributed by atoms with Crippen LogP contribution in [0.4, 0.5) is 0 Å². The van der Waals surface area contributed by atoms with Crippen LogP contribution in [-0.4, -0.2) is 6.54 Å². The summed E-state index contributed by atoms with van der Waals surface area (Å²) in [6, 6.07) is 6.42. The van der Waals surface area contributed by atoms with E-state index in [0.717, 1.165) is 12.0 Å². The van der Waals surface area contributed by atoms with Crippen molar-refractivity contribution < 1.29 is 0 Å². The van der Waals surface area contributed by atoms with Gasteiger partial charge >= 0.3 is 0 Å². The number of benzene rings is 1. The molecular formula is C12H17N. The van der Waals surface area contributed by atoms with Crippen LogP contribution in [0.3, 0.4) is 0 Å². The van der Waals surface area contributed by atoms with Crippen molar-refractivity contribution >= 4 is 5.57 Å². The molecule has 1 heteroatoms. The van der Waals surface area contributed by atoms with E-state index >= 15 is 0 Å². The van der Waals surface area contributed by atoms with E-state index in [-0.39, 0.29) is 0 Å². The van der Waals surface area contributed by atoms with E-state index in [9.17, 15) is 0 Å². The minimum atomic E-state index is 0.672. The van der Waals surface area contributed by atoms with Crippen LogP contribution >= 0.6 is 0 Å². The Morgan fingerprint density at radius 3 is 2.54 bits per heavy atom. The van der Waals surface area contributed by atoms with Crippen molar-refractivity contribution in [3.63, 3.8) is 0 Å². The average Bonchev–Trinajstić information content (AvgIpc) is 2.10. The number of rotatable bonds is 3. The Balaban J connectivity index is 2.90. The molecule has 1 aromatic rings. The summed E-state index contributed by atoms with van der Waals surface area (Å²) in [5, 5.41) is 0. The Kier molecular flexibility index (Phi) is 3.26. The minimum absolute atomic E-state index is 0.672. The maximum atomic E-state index is 5.47. The van der Waals surface area contributed by atoms with Gasteiger partial charge in [-0.3, -0.25) is 0 Å². The summed E-state index contributed by atoms with van der Waals surface area (Å²) in [5.74, 6) is 0. The fourth-order valence-corrected chi connectivity index (χ4v) is 1.28. The molecule has 0 amide bonds. The van der Waals surface area contributed by atoms with E-state index < -0.39 is 0 Å². The van der Waals surface area contributed by atoms with Crippen LogP contribution in [0.5, 0.6) is 0 Å². The van der Waals surface area contributed by atoms with Crippen molar-refractivity contribution in [1.82, 2.24) is 0 Å². The minimum Gasteiger partial charge on any atom is -0.330 e. The largest absolute Gasteiger partial charge is 0.330 e. The summed E-state index contributed by atoms with van der Waals surface area (Å²) in [6.45, 7) is 8.91. The molecule has 0 saturated carbocycles. The zero-order valence-corrected chi connectivity index (χ0v) is 8.43. The van der Waals surface area contributed by atoms with Crippen molar-refractivity contribution in [2.45, 2.75) is 20.3 Å². The zero-order valence-electron chi connectivity index (χ0n) is 8.43. The first-order chi connectivity index (χ1) is 6.15. The van der Waals surface area contributed by atoms with Gasteiger partial charge in [-0.1, -0.05) is 24.8 Å². The highest BCUT2D eigenvalue weighted by atomic mass is 14.5. The van der Waals surface area contributed by atoms with Gasteiger partial charge in [-0.05, 0) is 49.1 Å². The molecule has 0 heterocycles. The molecule has 0 aliphatic heterocycles. The van der Waals surface area contributed by atoms with E-state index in [1.165, 1.54) is 16.7 Å². The lowest BCUT2D eigenvalue weighted by Crippen LogP contribution is -1.99. The summed E-state index contributed by atoms with van der Waals surface area (Å²) in [6.07, 6.45) is 0.877. The van der Waals surface area contributed by atoms with Gasteiger partial charge in [0.1, 0.15) is 0 Å². The number of aryl methyl sites for hydroxylation is 2. The molecule has 0 unspecified atom stereocenters. The third-order valence-corrected chi connectivity index (χ3v) is 2.36. The van der Waals surface area contributed by atoms with Crippen molar-refractivity contribution in [2.75, 3.05) is 6.54 Å². The Morgan fingerprint density at radius 1 is 1.31 bits per heavy atom. The molecule has 0 atom stereocenters. The molecule has 1 aromatic carbocycles. The van der Waals surface area contributed by atoms with Gasteiger partial charge in [-0.25, -0.2) is 0 Å². The normalized spacial score (nSPS) is 10.1. The first-order valence-corrected chi connectivity index (χ1v) is 4.60. The molecule has 0 radical (unpaired) electrons. The van der Waals surface area contributed by atoms with Crippen LogP contribution in [0.25, 0.3) is 5.57 Å². The number of hydrogen-bond donors (Lipinski definition) is 1. The van der Waals surface area contributed by atoms with Crippen LogP contribution < -0.4 is 5.73 Å². The number of hydrogen-bond acceptors (Lipinski definition) is 1. The molecular weight excluding hydrogens is 158 g/mol. The van der Waals surface area contributed by atoms with Gasteiger partial charge in [0.2, 0.25) is 0 Å². The molecule has 0 fully saturated rings. The maximum Gasteiger partial charge on any atom is -0.00367 e. The van der Waals surface area contributed by atoms with Crippen LogP contribution in [0.2, 0.25) is 0 Å². The molecule has 0 aromatic heterocycles. The first kappa shape index (κ1) is 10.0. The summed E-state index contributed by atoms with van der Waals surface area (Å²) >= 11 is 0.